The number of hydrogen-bond donors (Lipinski definition) is 1. The molecule has 84 valence electrons. The Balaban J connectivity index is 2.42. The lowest BCUT2D eigenvalue weighted by Gasteiger charge is -2.38. The van der Waals surface area contributed by atoms with Gasteiger partial charge in [-0.1, -0.05) is 13.3 Å². The van der Waals surface area contributed by atoms with E-state index in [2.05, 4.69) is 13.8 Å². The molecule has 0 aromatic heterocycles. The fourth-order valence-corrected chi connectivity index (χ4v) is 2.02. The molecule has 3 nitrogen and oxygen atoms in total. The second-order valence-corrected chi connectivity index (χ2v) is 4.26. The van der Waals surface area contributed by atoms with Crippen LogP contribution in [0.15, 0.2) is 0 Å². The summed E-state index contributed by atoms with van der Waals surface area (Å²) >= 11 is 0. The molecule has 0 spiro atoms. The molecule has 1 heterocycles. The van der Waals surface area contributed by atoms with Crippen molar-refractivity contribution in [2.24, 2.45) is 5.73 Å². The Kier molecular flexibility index (Phi) is 4.85. The van der Waals surface area contributed by atoms with Crippen LogP contribution in [0, 0.1) is 0 Å². The normalized spacial score (nSPS) is 30.2. The van der Waals surface area contributed by atoms with Crippen molar-refractivity contribution in [3.8, 4) is 0 Å². The van der Waals surface area contributed by atoms with Gasteiger partial charge >= 0.3 is 0 Å². The van der Waals surface area contributed by atoms with E-state index in [-0.39, 0.29) is 5.60 Å². The van der Waals surface area contributed by atoms with Gasteiger partial charge in [0.1, 0.15) is 5.60 Å². The minimum absolute atomic E-state index is 0.202. The van der Waals surface area contributed by atoms with Crippen molar-refractivity contribution in [1.82, 2.24) is 0 Å². The van der Waals surface area contributed by atoms with Crippen LogP contribution >= 0.6 is 0 Å². The summed E-state index contributed by atoms with van der Waals surface area (Å²) in [4.78, 5) is 0. The minimum atomic E-state index is -0.202. The molecule has 0 aliphatic carbocycles. The van der Waals surface area contributed by atoms with Crippen LogP contribution in [-0.4, -0.2) is 31.5 Å². The zero-order valence-corrected chi connectivity index (χ0v) is 9.42. The highest BCUT2D eigenvalue weighted by molar-refractivity contribution is 4.85. The van der Waals surface area contributed by atoms with Crippen molar-refractivity contribution in [2.45, 2.75) is 51.2 Å². The third-order valence-corrected chi connectivity index (χ3v) is 2.80. The lowest BCUT2D eigenvalue weighted by atomic mass is 9.96. The Morgan fingerprint density at radius 2 is 2.36 bits per heavy atom. The van der Waals surface area contributed by atoms with Gasteiger partial charge < -0.3 is 15.2 Å². The third kappa shape index (κ3) is 3.23. The molecule has 0 aromatic rings. The van der Waals surface area contributed by atoms with Gasteiger partial charge in [-0.3, -0.25) is 0 Å². The van der Waals surface area contributed by atoms with Crippen molar-refractivity contribution in [2.75, 3.05) is 19.8 Å². The molecular weight excluding hydrogens is 178 g/mol. The summed E-state index contributed by atoms with van der Waals surface area (Å²) in [5.41, 5.74) is 5.58. The standard InChI is InChI=1S/C11H23NO2/c1-3-5-10(2)14-11(8-12)6-4-7-13-9-11/h10H,3-9,12H2,1-2H3. The number of ether oxygens (including phenoxy) is 2. The van der Waals surface area contributed by atoms with Crippen molar-refractivity contribution in [1.29, 1.82) is 0 Å². The molecule has 1 rings (SSSR count). The SMILES string of the molecule is CCCC(C)OC1(CN)CCCOC1. The van der Waals surface area contributed by atoms with Gasteiger partial charge in [-0.2, -0.15) is 0 Å². The molecule has 1 fully saturated rings. The first kappa shape index (κ1) is 12.0. The van der Waals surface area contributed by atoms with Crippen LogP contribution in [-0.2, 0) is 9.47 Å². The zero-order chi connectivity index (χ0) is 10.4. The molecule has 2 N–H and O–H groups in total. The maximum absolute atomic E-state index is 6.02. The highest BCUT2D eigenvalue weighted by Gasteiger charge is 2.33. The van der Waals surface area contributed by atoms with Gasteiger partial charge in [0.05, 0.1) is 12.7 Å². The van der Waals surface area contributed by atoms with E-state index in [0.29, 0.717) is 19.3 Å². The monoisotopic (exact) mass is 201 g/mol. The lowest BCUT2D eigenvalue weighted by Crippen LogP contribution is -2.49. The van der Waals surface area contributed by atoms with E-state index in [1.165, 1.54) is 0 Å². The zero-order valence-electron chi connectivity index (χ0n) is 9.42. The summed E-state index contributed by atoms with van der Waals surface area (Å²) in [6, 6.07) is 0. The van der Waals surface area contributed by atoms with Crippen molar-refractivity contribution >= 4 is 0 Å². The predicted molar refractivity (Wildman–Crippen MR) is 57.3 cm³/mol. The molecule has 0 amide bonds. The van der Waals surface area contributed by atoms with Gasteiger partial charge in [0, 0.05) is 13.2 Å². The van der Waals surface area contributed by atoms with E-state index < -0.39 is 0 Å². The molecule has 0 aromatic carbocycles. The topological polar surface area (TPSA) is 44.5 Å². The molecule has 2 atom stereocenters. The molecule has 0 radical (unpaired) electrons. The first-order valence-electron chi connectivity index (χ1n) is 5.68. The molecule has 1 aliphatic heterocycles. The fourth-order valence-electron chi connectivity index (χ4n) is 2.02. The average molecular weight is 201 g/mol. The molecule has 2 unspecified atom stereocenters. The molecule has 1 aliphatic rings. The van der Waals surface area contributed by atoms with Crippen LogP contribution in [0.5, 0.6) is 0 Å². The summed E-state index contributed by atoms with van der Waals surface area (Å²) in [6.45, 7) is 6.38. The van der Waals surface area contributed by atoms with E-state index in [1.807, 2.05) is 0 Å². The number of nitrogens with two attached hydrogens (primary N) is 1. The molecule has 0 saturated carbocycles. The van der Waals surface area contributed by atoms with Gasteiger partial charge in [-0.05, 0) is 26.2 Å². The summed E-state index contributed by atoms with van der Waals surface area (Å²) < 4.78 is 11.5. The highest BCUT2D eigenvalue weighted by Crippen LogP contribution is 2.25. The van der Waals surface area contributed by atoms with Crippen molar-refractivity contribution in [3.05, 3.63) is 0 Å². The van der Waals surface area contributed by atoms with Crippen molar-refractivity contribution < 1.29 is 9.47 Å². The second kappa shape index (κ2) is 5.69. The maximum atomic E-state index is 6.02. The van der Waals surface area contributed by atoms with E-state index in [0.717, 1.165) is 32.3 Å². The first-order chi connectivity index (χ1) is 6.72. The van der Waals surface area contributed by atoms with Gasteiger partial charge in [-0.25, -0.2) is 0 Å². The summed E-state index contributed by atoms with van der Waals surface area (Å²) in [5, 5.41) is 0. The van der Waals surface area contributed by atoms with Crippen LogP contribution in [0.3, 0.4) is 0 Å². The Labute approximate surface area is 86.9 Å². The molecule has 3 heteroatoms. The van der Waals surface area contributed by atoms with Gasteiger partial charge in [0.15, 0.2) is 0 Å². The lowest BCUT2D eigenvalue weighted by molar-refractivity contribution is -0.149. The van der Waals surface area contributed by atoms with Gasteiger partial charge in [0.2, 0.25) is 0 Å². The predicted octanol–water partition coefficient (Wildman–Crippen LogP) is 1.70. The fraction of sp³-hybridized carbons (Fsp3) is 1.00. The van der Waals surface area contributed by atoms with Crippen molar-refractivity contribution in [3.63, 3.8) is 0 Å². The number of rotatable bonds is 5. The van der Waals surface area contributed by atoms with Crippen LogP contribution in [0.25, 0.3) is 0 Å². The largest absolute Gasteiger partial charge is 0.378 e. The minimum Gasteiger partial charge on any atom is -0.378 e. The molecule has 14 heavy (non-hydrogen) atoms. The summed E-state index contributed by atoms with van der Waals surface area (Å²) in [6.07, 6.45) is 4.66. The maximum Gasteiger partial charge on any atom is 0.104 e. The Bertz CT molecular complexity index is 155. The van der Waals surface area contributed by atoms with Crippen LogP contribution in [0.2, 0.25) is 0 Å². The summed E-state index contributed by atoms with van der Waals surface area (Å²) in [5.74, 6) is 0. The number of hydrogen-bond acceptors (Lipinski definition) is 3. The highest BCUT2D eigenvalue weighted by atomic mass is 16.6. The van der Waals surface area contributed by atoms with Crippen LogP contribution in [0.4, 0.5) is 0 Å². The van der Waals surface area contributed by atoms with Gasteiger partial charge in [0.25, 0.3) is 0 Å². The quantitative estimate of drug-likeness (QED) is 0.736. The van der Waals surface area contributed by atoms with E-state index >= 15 is 0 Å². The smallest absolute Gasteiger partial charge is 0.104 e. The van der Waals surface area contributed by atoms with Crippen LogP contribution in [0.1, 0.15) is 39.5 Å². The third-order valence-electron chi connectivity index (χ3n) is 2.80. The van der Waals surface area contributed by atoms with E-state index in [1.54, 1.807) is 0 Å². The molecular formula is C11H23NO2. The Hall–Kier alpha value is -0.120. The molecule has 0 bridgehead atoms. The average Bonchev–Trinajstić information content (AvgIpc) is 2.19. The molecule has 1 saturated heterocycles. The second-order valence-electron chi connectivity index (χ2n) is 4.26. The van der Waals surface area contributed by atoms with Crippen LogP contribution < -0.4 is 5.73 Å². The summed E-state index contributed by atoms with van der Waals surface area (Å²) in [7, 11) is 0. The first-order valence-corrected chi connectivity index (χ1v) is 5.68. The van der Waals surface area contributed by atoms with E-state index in [9.17, 15) is 0 Å². The van der Waals surface area contributed by atoms with Gasteiger partial charge in [-0.15, -0.1) is 0 Å². The Morgan fingerprint density at radius 3 is 2.86 bits per heavy atom. The Morgan fingerprint density at radius 1 is 1.57 bits per heavy atom. The van der Waals surface area contributed by atoms with E-state index in [4.69, 9.17) is 15.2 Å².